The van der Waals surface area contributed by atoms with Crippen LogP contribution in [0.3, 0.4) is 0 Å². The fourth-order valence-corrected chi connectivity index (χ4v) is 3.41. The van der Waals surface area contributed by atoms with Gasteiger partial charge in [-0.1, -0.05) is 31.8 Å². The Kier molecular flexibility index (Phi) is 10.2. The molecule has 0 aliphatic carbocycles. The number of ether oxygens (including phenoxy) is 1. The molecule has 0 bridgehead atoms. The Bertz CT molecular complexity index is 619. The van der Waals surface area contributed by atoms with E-state index >= 15 is 0 Å². The van der Waals surface area contributed by atoms with E-state index < -0.39 is 0 Å². The first-order valence-electron chi connectivity index (χ1n) is 10.6. The third kappa shape index (κ3) is 8.15. The number of esters is 1. The van der Waals surface area contributed by atoms with Gasteiger partial charge in [0.15, 0.2) is 0 Å². The van der Waals surface area contributed by atoms with Gasteiger partial charge in [0, 0.05) is 37.0 Å². The molecule has 28 heavy (non-hydrogen) atoms. The van der Waals surface area contributed by atoms with Gasteiger partial charge < -0.3 is 15.0 Å². The molecule has 1 aliphatic rings. The Morgan fingerprint density at radius 3 is 2.32 bits per heavy atom. The molecular weight excluding hydrogens is 352 g/mol. The van der Waals surface area contributed by atoms with Crippen LogP contribution in [0.1, 0.15) is 68.1 Å². The van der Waals surface area contributed by atoms with E-state index in [-0.39, 0.29) is 11.9 Å². The summed E-state index contributed by atoms with van der Waals surface area (Å²) in [4.78, 5) is 25.2. The number of carbonyl (C=O) groups is 2. The second-order valence-corrected chi connectivity index (χ2v) is 7.34. The summed E-state index contributed by atoms with van der Waals surface area (Å²) in [7, 11) is 1.40. The number of unbranched alkanes of at least 4 members (excludes halogenated alkanes) is 6. The summed E-state index contributed by atoms with van der Waals surface area (Å²) in [6.45, 7) is 2.74. The Hall–Kier alpha value is -2.30. The molecule has 5 nitrogen and oxygen atoms in total. The van der Waals surface area contributed by atoms with Gasteiger partial charge in [0.05, 0.1) is 7.11 Å². The van der Waals surface area contributed by atoms with Crippen molar-refractivity contribution in [2.45, 2.75) is 57.8 Å². The molecule has 0 aromatic heterocycles. The zero-order valence-corrected chi connectivity index (χ0v) is 17.1. The summed E-state index contributed by atoms with van der Waals surface area (Å²) in [5.41, 5.74) is 1.87. The molecule has 1 aliphatic heterocycles. The second kappa shape index (κ2) is 13.0. The van der Waals surface area contributed by atoms with Crippen LogP contribution in [0, 0.1) is 0 Å². The van der Waals surface area contributed by atoms with Crippen molar-refractivity contribution in [2.24, 2.45) is 0 Å². The van der Waals surface area contributed by atoms with Crippen LogP contribution in [-0.4, -0.2) is 43.5 Å². The zero-order valence-electron chi connectivity index (χ0n) is 17.1. The van der Waals surface area contributed by atoms with Crippen molar-refractivity contribution in [1.82, 2.24) is 4.90 Å². The van der Waals surface area contributed by atoms with Crippen LogP contribution in [0.25, 0.3) is 0 Å². The maximum absolute atomic E-state index is 12.3. The van der Waals surface area contributed by atoms with Crippen LogP contribution in [0.5, 0.6) is 0 Å². The molecular formula is C23H34N2O3. The van der Waals surface area contributed by atoms with Gasteiger partial charge in [-0.05, 0) is 56.4 Å². The highest BCUT2D eigenvalue weighted by Crippen LogP contribution is 2.16. The van der Waals surface area contributed by atoms with Crippen molar-refractivity contribution in [3.8, 4) is 0 Å². The molecule has 0 atom stereocenters. The predicted octanol–water partition coefficient (Wildman–Crippen LogP) is 4.79. The molecule has 5 heteroatoms. The Labute approximate surface area is 169 Å². The van der Waals surface area contributed by atoms with Gasteiger partial charge in [0.25, 0.3) is 5.91 Å². The average Bonchev–Trinajstić information content (AvgIpc) is 3.26. The van der Waals surface area contributed by atoms with Gasteiger partial charge in [-0.25, -0.2) is 4.79 Å². The van der Waals surface area contributed by atoms with E-state index in [9.17, 15) is 9.59 Å². The van der Waals surface area contributed by atoms with Crippen LogP contribution < -0.4 is 5.32 Å². The van der Waals surface area contributed by atoms with Crippen molar-refractivity contribution in [2.75, 3.05) is 32.1 Å². The van der Waals surface area contributed by atoms with Crippen LogP contribution >= 0.6 is 0 Å². The van der Waals surface area contributed by atoms with Gasteiger partial charge in [-0.15, -0.1) is 0 Å². The minimum atomic E-state index is -0.277. The third-order valence-corrected chi connectivity index (χ3v) is 5.11. The van der Waals surface area contributed by atoms with Crippen molar-refractivity contribution >= 4 is 17.6 Å². The zero-order chi connectivity index (χ0) is 20.0. The van der Waals surface area contributed by atoms with Crippen LogP contribution in [0.4, 0.5) is 5.69 Å². The third-order valence-electron chi connectivity index (χ3n) is 5.11. The maximum Gasteiger partial charge on any atom is 0.330 e. The highest BCUT2D eigenvalue weighted by atomic mass is 16.5. The van der Waals surface area contributed by atoms with Crippen molar-refractivity contribution in [1.29, 1.82) is 0 Å². The normalized spacial score (nSPS) is 13.8. The monoisotopic (exact) mass is 386 g/mol. The van der Waals surface area contributed by atoms with Crippen molar-refractivity contribution < 1.29 is 14.3 Å². The molecule has 1 amide bonds. The van der Waals surface area contributed by atoms with Crippen molar-refractivity contribution in [3.05, 3.63) is 42.0 Å². The number of amides is 1. The molecule has 1 saturated heterocycles. The van der Waals surface area contributed by atoms with E-state index in [4.69, 9.17) is 0 Å². The first-order chi connectivity index (χ1) is 13.7. The summed E-state index contributed by atoms with van der Waals surface area (Å²) < 4.78 is 4.55. The highest BCUT2D eigenvalue weighted by molar-refractivity contribution is 5.94. The predicted molar refractivity (Wildman–Crippen MR) is 114 cm³/mol. The van der Waals surface area contributed by atoms with Gasteiger partial charge >= 0.3 is 5.97 Å². The van der Waals surface area contributed by atoms with Crippen LogP contribution in [0.15, 0.2) is 36.4 Å². The van der Waals surface area contributed by atoms with Gasteiger partial charge in [0.1, 0.15) is 0 Å². The largest absolute Gasteiger partial charge is 0.466 e. The number of carbonyl (C=O) groups excluding carboxylic acids is 2. The molecule has 0 radical (unpaired) electrons. The SMILES string of the molecule is COC(=O)C=CCCCCCCCCNc1ccc(C(=O)N2CCCC2)cc1. The van der Waals surface area contributed by atoms with Gasteiger partial charge in [0.2, 0.25) is 0 Å². The number of likely N-dealkylation sites (tertiary alicyclic amines) is 1. The fourth-order valence-electron chi connectivity index (χ4n) is 3.41. The van der Waals surface area contributed by atoms with E-state index in [1.54, 1.807) is 0 Å². The molecule has 1 aromatic rings. The lowest BCUT2D eigenvalue weighted by atomic mass is 10.1. The highest BCUT2D eigenvalue weighted by Gasteiger charge is 2.18. The number of methoxy groups -OCH3 is 1. The van der Waals surface area contributed by atoms with Crippen molar-refractivity contribution in [3.63, 3.8) is 0 Å². The number of hydrogen-bond acceptors (Lipinski definition) is 4. The minimum Gasteiger partial charge on any atom is -0.466 e. The van der Waals surface area contributed by atoms with Crippen LogP contribution in [-0.2, 0) is 9.53 Å². The molecule has 2 rings (SSSR count). The quantitative estimate of drug-likeness (QED) is 0.319. The van der Waals surface area contributed by atoms with E-state index in [0.29, 0.717) is 0 Å². The van der Waals surface area contributed by atoms with Gasteiger partial charge in [-0.3, -0.25) is 4.79 Å². The molecule has 1 aromatic carbocycles. The fraction of sp³-hybridized carbons (Fsp3) is 0.565. The number of nitrogens with zero attached hydrogens (tertiary/aromatic N) is 1. The Morgan fingerprint density at radius 2 is 1.64 bits per heavy atom. The molecule has 154 valence electrons. The number of anilines is 1. The molecule has 0 spiro atoms. The maximum atomic E-state index is 12.3. The molecule has 0 unspecified atom stereocenters. The summed E-state index contributed by atoms with van der Waals surface area (Å²) >= 11 is 0. The summed E-state index contributed by atoms with van der Waals surface area (Å²) in [5.74, 6) is -0.120. The minimum absolute atomic E-state index is 0.157. The average molecular weight is 387 g/mol. The lowest BCUT2D eigenvalue weighted by Gasteiger charge is -2.15. The topological polar surface area (TPSA) is 58.6 Å². The number of nitrogens with one attached hydrogen (secondary N) is 1. The number of rotatable bonds is 12. The Morgan fingerprint density at radius 1 is 1.00 bits per heavy atom. The van der Waals surface area contributed by atoms with E-state index in [1.165, 1.54) is 38.9 Å². The molecule has 1 heterocycles. The molecule has 1 N–H and O–H groups in total. The first kappa shape index (κ1) is 22.0. The molecule has 1 fully saturated rings. The standard InChI is InChI=1S/C23H34N2O3/c1-28-22(26)12-8-6-4-2-3-5-7-9-17-24-21-15-13-20(14-16-21)23(27)25-18-10-11-19-25/h8,12-16,24H,2-7,9-11,17-19H2,1H3. The summed E-state index contributed by atoms with van der Waals surface area (Å²) in [6, 6.07) is 7.87. The smallest absolute Gasteiger partial charge is 0.330 e. The summed E-state index contributed by atoms with van der Waals surface area (Å²) in [5, 5.41) is 3.44. The van der Waals surface area contributed by atoms with E-state index in [1.807, 2.05) is 35.2 Å². The van der Waals surface area contributed by atoms with E-state index in [0.717, 1.165) is 63.0 Å². The number of allylic oxidation sites excluding steroid dienone is 1. The number of hydrogen-bond donors (Lipinski definition) is 1. The lowest BCUT2D eigenvalue weighted by molar-refractivity contribution is -0.134. The van der Waals surface area contributed by atoms with Gasteiger partial charge in [-0.2, -0.15) is 0 Å². The van der Waals surface area contributed by atoms with E-state index in [2.05, 4.69) is 10.1 Å². The molecule has 0 saturated carbocycles. The number of benzene rings is 1. The first-order valence-corrected chi connectivity index (χ1v) is 10.6. The lowest BCUT2D eigenvalue weighted by Crippen LogP contribution is -2.27. The summed E-state index contributed by atoms with van der Waals surface area (Å²) in [6.07, 6.45) is 13.7. The second-order valence-electron chi connectivity index (χ2n) is 7.34. The van der Waals surface area contributed by atoms with Crippen LogP contribution in [0.2, 0.25) is 0 Å². The Balaban J connectivity index is 1.49.